The molecule has 21 heavy (non-hydrogen) atoms. The summed E-state index contributed by atoms with van der Waals surface area (Å²) in [5.41, 5.74) is 8.67. The van der Waals surface area contributed by atoms with Crippen LogP contribution in [-0.4, -0.2) is 23.0 Å². The SMILES string of the molecule is CC(C)(C)C1CCN(Cc2cc3ccccc3nc2N)C1. The van der Waals surface area contributed by atoms with Crippen LogP contribution in [0.15, 0.2) is 30.3 Å². The Bertz CT molecular complexity index is 642. The number of para-hydroxylation sites is 1. The standard InChI is InChI=1S/C18H25N3/c1-18(2,3)15-8-9-21(12-15)11-14-10-13-6-4-5-7-16(13)20-17(14)19/h4-7,10,15H,8-9,11-12H2,1-3H3,(H2,19,20). The predicted molar refractivity (Wildman–Crippen MR) is 89.0 cm³/mol. The molecule has 0 radical (unpaired) electrons. The van der Waals surface area contributed by atoms with Crippen molar-refractivity contribution in [3.8, 4) is 0 Å². The van der Waals surface area contributed by atoms with Crippen molar-refractivity contribution in [1.29, 1.82) is 0 Å². The highest BCUT2D eigenvalue weighted by atomic mass is 15.1. The van der Waals surface area contributed by atoms with Gasteiger partial charge in [-0.2, -0.15) is 0 Å². The Kier molecular flexibility index (Phi) is 3.62. The highest BCUT2D eigenvalue weighted by molar-refractivity contribution is 5.81. The minimum absolute atomic E-state index is 0.391. The Hall–Kier alpha value is -1.61. The minimum atomic E-state index is 0.391. The Morgan fingerprint density at radius 2 is 2.05 bits per heavy atom. The van der Waals surface area contributed by atoms with Gasteiger partial charge in [-0.05, 0) is 36.4 Å². The van der Waals surface area contributed by atoms with Gasteiger partial charge in [-0.3, -0.25) is 4.90 Å². The number of rotatable bonds is 2. The molecular weight excluding hydrogens is 258 g/mol. The molecule has 1 atom stereocenters. The van der Waals surface area contributed by atoms with E-state index >= 15 is 0 Å². The molecule has 2 N–H and O–H groups in total. The number of likely N-dealkylation sites (tertiary alicyclic amines) is 1. The van der Waals surface area contributed by atoms with Gasteiger partial charge in [0.2, 0.25) is 0 Å². The zero-order valence-electron chi connectivity index (χ0n) is 13.3. The largest absolute Gasteiger partial charge is 0.383 e. The van der Waals surface area contributed by atoms with Crippen LogP contribution in [0.3, 0.4) is 0 Å². The third kappa shape index (κ3) is 3.03. The van der Waals surface area contributed by atoms with Gasteiger partial charge in [-0.15, -0.1) is 0 Å². The number of benzene rings is 1. The normalized spacial score (nSPS) is 20.2. The fourth-order valence-corrected chi connectivity index (χ4v) is 3.23. The lowest BCUT2D eigenvalue weighted by Crippen LogP contribution is -2.26. The quantitative estimate of drug-likeness (QED) is 0.914. The summed E-state index contributed by atoms with van der Waals surface area (Å²) in [4.78, 5) is 7.05. The molecule has 0 bridgehead atoms. The molecule has 2 aromatic rings. The number of nitrogen functional groups attached to an aromatic ring is 1. The molecule has 1 aromatic carbocycles. The zero-order valence-corrected chi connectivity index (χ0v) is 13.3. The van der Waals surface area contributed by atoms with Crippen LogP contribution in [0.5, 0.6) is 0 Å². The van der Waals surface area contributed by atoms with E-state index in [9.17, 15) is 0 Å². The van der Waals surface area contributed by atoms with Crippen LogP contribution in [0.4, 0.5) is 5.82 Å². The molecule has 2 heterocycles. The van der Waals surface area contributed by atoms with E-state index in [1.807, 2.05) is 12.1 Å². The third-order valence-electron chi connectivity index (χ3n) is 4.73. The molecule has 1 fully saturated rings. The number of fused-ring (bicyclic) bond motifs is 1. The molecule has 1 aliphatic rings. The van der Waals surface area contributed by atoms with Gasteiger partial charge in [0.25, 0.3) is 0 Å². The summed E-state index contributed by atoms with van der Waals surface area (Å²) >= 11 is 0. The smallest absolute Gasteiger partial charge is 0.128 e. The van der Waals surface area contributed by atoms with Crippen molar-refractivity contribution in [2.45, 2.75) is 33.7 Å². The van der Waals surface area contributed by atoms with Crippen molar-refractivity contribution in [1.82, 2.24) is 9.88 Å². The van der Waals surface area contributed by atoms with Crippen molar-refractivity contribution in [2.24, 2.45) is 11.3 Å². The van der Waals surface area contributed by atoms with E-state index in [-0.39, 0.29) is 0 Å². The van der Waals surface area contributed by atoms with E-state index in [2.05, 4.69) is 48.9 Å². The molecule has 1 saturated heterocycles. The number of anilines is 1. The van der Waals surface area contributed by atoms with Crippen LogP contribution >= 0.6 is 0 Å². The van der Waals surface area contributed by atoms with Crippen molar-refractivity contribution in [3.05, 3.63) is 35.9 Å². The van der Waals surface area contributed by atoms with E-state index in [4.69, 9.17) is 5.73 Å². The first-order valence-corrected chi connectivity index (χ1v) is 7.80. The molecule has 0 amide bonds. The first-order valence-electron chi connectivity index (χ1n) is 7.80. The summed E-state index contributed by atoms with van der Waals surface area (Å²) in [7, 11) is 0. The summed E-state index contributed by atoms with van der Waals surface area (Å²) in [6, 6.07) is 10.4. The maximum absolute atomic E-state index is 6.15. The summed E-state index contributed by atoms with van der Waals surface area (Å²) in [5, 5.41) is 1.17. The molecule has 1 unspecified atom stereocenters. The van der Waals surface area contributed by atoms with Crippen LogP contribution in [0.2, 0.25) is 0 Å². The lowest BCUT2D eigenvalue weighted by molar-refractivity contribution is 0.226. The van der Waals surface area contributed by atoms with Crippen molar-refractivity contribution in [3.63, 3.8) is 0 Å². The second kappa shape index (κ2) is 5.30. The van der Waals surface area contributed by atoms with Crippen LogP contribution in [0.1, 0.15) is 32.8 Å². The van der Waals surface area contributed by atoms with E-state index < -0.39 is 0 Å². The lowest BCUT2D eigenvalue weighted by Gasteiger charge is -2.27. The average molecular weight is 283 g/mol. The first kappa shape index (κ1) is 14.3. The summed E-state index contributed by atoms with van der Waals surface area (Å²) in [6.45, 7) is 10.3. The fraction of sp³-hybridized carbons (Fsp3) is 0.500. The lowest BCUT2D eigenvalue weighted by atomic mass is 9.80. The van der Waals surface area contributed by atoms with Crippen LogP contribution < -0.4 is 5.73 Å². The molecule has 3 nitrogen and oxygen atoms in total. The van der Waals surface area contributed by atoms with Crippen LogP contribution in [0.25, 0.3) is 10.9 Å². The Labute approximate surface area is 127 Å². The molecule has 3 rings (SSSR count). The highest BCUT2D eigenvalue weighted by Gasteiger charge is 2.31. The molecule has 1 aromatic heterocycles. The predicted octanol–water partition coefficient (Wildman–Crippen LogP) is 3.69. The van der Waals surface area contributed by atoms with Crippen molar-refractivity contribution in [2.75, 3.05) is 18.8 Å². The maximum Gasteiger partial charge on any atom is 0.128 e. The van der Waals surface area contributed by atoms with Gasteiger partial charge in [0.05, 0.1) is 5.52 Å². The zero-order chi connectivity index (χ0) is 15.0. The molecular formula is C18H25N3. The molecule has 0 saturated carbocycles. The van der Waals surface area contributed by atoms with Crippen molar-refractivity contribution >= 4 is 16.7 Å². The number of nitrogens with zero attached hydrogens (tertiary/aromatic N) is 2. The van der Waals surface area contributed by atoms with Crippen LogP contribution in [-0.2, 0) is 6.54 Å². The van der Waals surface area contributed by atoms with E-state index in [0.717, 1.165) is 36.6 Å². The van der Waals surface area contributed by atoms with Gasteiger partial charge in [0.1, 0.15) is 5.82 Å². The molecule has 112 valence electrons. The van der Waals surface area contributed by atoms with Gasteiger partial charge in [-0.25, -0.2) is 4.98 Å². The number of pyridine rings is 1. The van der Waals surface area contributed by atoms with Gasteiger partial charge >= 0.3 is 0 Å². The van der Waals surface area contributed by atoms with E-state index in [0.29, 0.717) is 11.2 Å². The van der Waals surface area contributed by atoms with Gasteiger partial charge < -0.3 is 5.73 Å². The Balaban J connectivity index is 1.78. The highest BCUT2D eigenvalue weighted by Crippen LogP contribution is 2.34. The molecule has 3 heteroatoms. The topological polar surface area (TPSA) is 42.2 Å². The average Bonchev–Trinajstić information content (AvgIpc) is 2.88. The summed E-state index contributed by atoms with van der Waals surface area (Å²) in [5.74, 6) is 1.44. The molecule has 1 aliphatic heterocycles. The Morgan fingerprint density at radius 3 is 2.76 bits per heavy atom. The Morgan fingerprint density at radius 1 is 1.29 bits per heavy atom. The fourth-order valence-electron chi connectivity index (χ4n) is 3.23. The number of hydrogen-bond donors (Lipinski definition) is 1. The third-order valence-corrected chi connectivity index (χ3v) is 4.73. The van der Waals surface area contributed by atoms with Crippen molar-refractivity contribution < 1.29 is 0 Å². The monoisotopic (exact) mass is 283 g/mol. The summed E-state index contributed by atoms with van der Waals surface area (Å²) in [6.07, 6.45) is 1.28. The number of hydrogen-bond acceptors (Lipinski definition) is 3. The minimum Gasteiger partial charge on any atom is -0.383 e. The second-order valence-electron chi connectivity index (χ2n) is 7.31. The van der Waals surface area contributed by atoms with Gasteiger partial charge in [0.15, 0.2) is 0 Å². The number of nitrogens with two attached hydrogens (primary N) is 1. The second-order valence-corrected chi connectivity index (χ2v) is 7.31. The van der Waals surface area contributed by atoms with Gasteiger partial charge in [-0.1, -0.05) is 39.0 Å². The first-order chi connectivity index (χ1) is 9.93. The van der Waals surface area contributed by atoms with Gasteiger partial charge in [0, 0.05) is 24.0 Å². The van der Waals surface area contributed by atoms with Crippen LogP contribution in [0, 0.1) is 11.3 Å². The number of aromatic nitrogens is 1. The maximum atomic E-state index is 6.15. The molecule has 0 spiro atoms. The van der Waals surface area contributed by atoms with E-state index in [1.165, 1.54) is 11.8 Å². The van der Waals surface area contributed by atoms with E-state index in [1.54, 1.807) is 0 Å². The summed E-state index contributed by atoms with van der Waals surface area (Å²) < 4.78 is 0. The molecule has 0 aliphatic carbocycles.